The molecular formula is C12H15Cl2NO2. The lowest BCUT2D eigenvalue weighted by Crippen LogP contribution is -2.29. The number of hydrogen-bond donors (Lipinski definition) is 1. The lowest BCUT2D eigenvalue weighted by molar-refractivity contribution is -0.146. The van der Waals surface area contributed by atoms with Gasteiger partial charge >= 0.3 is 5.97 Å². The molecule has 0 spiro atoms. The van der Waals surface area contributed by atoms with Gasteiger partial charge in [0.1, 0.15) is 0 Å². The summed E-state index contributed by atoms with van der Waals surface area (Å²) in [7, 11) is 1.41. The molecule has 0 amide bonds. The molecule has 0 unspecified atom stereocenters. The molecule has 17 heavy (non-hydrogen) atoms. The maximum atomic E-state index is 11.5. The number of methoxy groups -OCH3 is 1. The molecule has 0 radical (unpaired) electrons. The fraction of sp³-hybridized carbons (Fsp3) is 0.417. The highest BCUT2D eigenvalue weighted by atomic mass is 35.5. The maximum Gasteiger partial charge on any atom is 0.309 e. The van der Waals surface area contributed by atoms with Gasteiger partial charge in [0, 0.05) is 11.1 Å². The van der Waals surface area contributed by atoms with E-state index in [1.54, 1.807) is 0 Å². The molecular weight excluding hydrogens is 261 g/mol. The Morgan fingerprint density at radius 2 is 2.24 bits per heavy atom. The summed E-state index contributed by atoms with van der Waals surface area (Å²) in [5.41, 5.74) is 8.18. The third kappa shape index (κ3) is 2.92. The van der Waals surface area contributed by atoms with Crippen LogP contribution in [0.3, 0.4) is 0 Å². The normalized spacial score (nSPS) is 22.3. The standard InChI is InChI=1S/C12H14ClNO2.ClH/c1-16-12(15)8-4-7-2-3-9(13)6-10(7)11(14)5-8;/h2-3,6,8,11H,4-5,14H2,1H3;1H/t8-,11-;/m1./s1. The summed E-state index contributed by atoms with van der Waals surface area (Å²) in [4.78, 5) is 11.5. The predicted molar refractivity (Wildman–Crippen MR) is 69.5 cm³/mol. The van der Waals surface area contributed by atoms with Gasteiger partial charge in [0.2, 0.25) is 0 Å². The zero-order valence-corrected chi connectivity index (χ0v) is 11.1. The van der Waals surface area contributed by atoms with Crippen molar-refractivity contribution in [3.63, 3.8) is 0 Å². The number of rotatable bonds is 1. The molecule has 3 nitrogen and oxygen atoms in total. The highest BCUT2D eigenvalue weighted by molar-refractivity contribution is 6.30. The Hall–Kier alpha value is -0.770. The van der Waals surface area contributed by atoms with Crippen molar-refractivity contribution in [3.05, 3.63) is 34.3 Å². The highest BCUT2D eigenvalue weighted by Crippen LogP contribution is 2.33. The van der Waals surface area contributed by atoms with Gasteiger partial charge < -0.3 is 10.5 Å². The molecule has 0 bridgehead atoms. The van der Waals surface area contributed by atoms with E-state index in [2.05, 4.69) is 0 Å². The van der Waals surface area contributed by atoms with Gasteiger partial charge in [-0.15, -0.1) is 12.4 Å². The van der Waals surface area contributed by atoms with Crippen LogP contribution in [0.1, 0.15) is 23.6 Å². The average molecular weight is 276 g/mol. The Labute approximate surface area is 112 Å². The van der Waals surface area contributed by atoms with Crippen LogP contribution in [0.5, 0.6) is 0 Å². The minimum atomic E-state index is -0.184. The van der Waals surface area contributed by atoms with Crippen LogP contribution in [0.4, 0.5) is 0 Å². The summed E-state index contributed by atoms with van der Waals surface area (Å²) in [5, 5.41) is 0.686. The van der Waals surface area contributed by atoms with E-state index in [-0.39, 0.29) is 30.3 Å². The van der Waals surface area contributed by atoms with Crippen molar-refractivity contribution in [3.8, 4) is 0 Å². The van der Waals surface area contributed by atoms with Gasteiger partial charge in [-0.25, -0.2) is 0 Å². The molecule has 0 aliphatic heterocycles. The number of benzene rings is 1. The molecule has 0 saturated heterocycles. The number of ether oxygens (including phenoxy) is 1. The Balaban J connectivity index is 0.00000144. The second-order valence-electron chi connectivity index (χ2n) is 4.11. The Bertz CT molecular complexity index is 423. The van der Waals surface area contributed by atoms with Crippen LogP contribution in [0.15, 0.2) is 18.2 Å². The van der Waals surface area contributed by atoms with Gasteiger partial charge in [0.05, 0.1) is 13.0 Å². The summed E-state index contributed by atoms with van der Waals surface area (Å²) in [6.07, 6.45) is 1.31. The Morgan fingerprint density at radius 1 is 1.53 bits per heavy atom. The molecule has 2 rings (SSSR count). The zero-order valence-electron chi connectivity index (χ0n) is 9.48. The van der Waals surface area contributed by atoms with E-state index >= 15 is 0 Å². The van der Waals surface area contributed by atoms with Gasteiger partial charge in [-0.05, 0) is 36.1 Å². The third-order valence-corrected chi connectivity index (χ3v) is 3.28. The average Bonchev–Trinajstić information content (AvgIpc) is 2.28. The number of hydrogen-bond acceptors (Lipinski definition) is 3. The van der Waals surface area contributed by atoms with Crippen LogP contribution in [0.2, 0.25) is 5.02 Å². The zero-order chi connectivity index (χ0) is 11.7. The first kappa shape index (κ1) is 14.3. The quantitative estimate of drug-likeness (QED) is 0.802. The SMILES string of the molecule is COC(=O)[C@@H]1Cc2ccc(Cl)cc2[C@H](N)C1.Cl. The van der Waals surface area contributed by atoms with E-state index in [4.69, 9.17) is 22.1 Å². The van der Waals surface area contributed by atoms with E-state index in [1.165, 1.54) is 7.11 Å². The van der Waals surface area contributed by atoms with Crippen LogP contribution >= 0.6 is 24.0 Å². The number of fused-ring (bicyclic) bond motifs is 1. The molecule has 5 heteroatoms. The van der Waals surface area contributed by atoms with E-state index in [0.29, 0.717) is 17.9 Å². The first-order valence-electron chi connectivity index (χ1n) is 5.23. The fourth-order valence-corrected chi connectivity index (χ4v) is 2.41. The number of carbonyl (C=O) groups excluding carboxylic acids is 1. The lowest BCUT2D eigenvalue weighted by Gasteiger charge is -2.27. The van der Waals surface area contributed by atoms with Crippen LogP contribution in [-0.2, 0) is 16.0 Å². The fourth-order valence-electron chi connectivity index (χ4n) is 2.23. The van der Waals surface area contributed by atoms with Crippen molar-refractivity contribution in [1.82, 2.24) is 0 Å². The minimum absolute atomic E-state index is 0. The first-order chi connectivity index (χ1) is 7.61. The highest BCUT2D eigenvalue weighted by Gasteiger charge is 2.29. The van der Waals surface area contributed by atoms with Gasteiger partial charge in [-0.1, -0.05) is 17.7 Å². The number of esters is 1. The molecule has 2 atom stereocenters. The van der Waals surface area contributed by atoms with Crippen molar-refractivity contribution < 1.29 is 9.53 Å². The van der Waals surface area contributed by atoms with Gasteiger partial charge in [-0.3, -0.25) is 4.79 Å². The number of carbonyl (C=O) groups is 1. The van der Waals surface area contributed by atoms with Gasteiger partial charge in [0.15, 0.2) is 0 Å². The van der Waals surface area contributed by atoms with Gasteiger partial charge in [0.25, 0.3) is 0 Å². The first-order valence-corrected chi connectivity index (χ1v) is 5.61. The molecule has 1 aromatic rings. The van der Waals surface area contributed by atoms with Gasteiger partial charge in [-0.2, -0.15) is 0 Å². The largest absolute Gasteiger partial charge is 0.469 e. The monoisotopic (exact) mass is 275 g/mol. The van der Waals surface area contributed by atoms with E-state index in [9.17, 15) is 4.79 Å². The summed E-state index contributed by atoms with van der Waals surface area (Å²) < 4.78 is 4.76. The van der Waals surface area contributed by atoms with Crippen molar-refractivity contribution >= 4 is 30.0 Å². The van der Waals surface area contributed by atoms with Crippen molar-refractivity contribution in [2.75, 3.05) is 7.11 Å². The topological polar surface area (TPSA) is 52.3 Å². The molecule has 1 aliphatic carbocycles. The van der Waals surface area contributed by atoms with Crippen LogP contribution in [0.25, 0.3) is 0 Å². The van der Waals surface area contributed by atoms with Crippen LogP contribution in [-0.4, -0.2) is 13.1 Å². The number of nitrogens with two attached hydrogens (primary N) is 1. The van der Waals surface area contributed by atoms with E-state index < -0.39 is 0 Å². The Morgan fingerprint density at radius 3 is 2.88 bits per heavy atom. The molecule has 1 aromatic carbocycles. The van der Waals surface area contributed by atoms with Crippen LogP contribution < -0.4 is 5.73 Å². The summed E-state index contributed by atoms with van der Waals surface area (Å²) in [6.45, 7) is 0. The van der Waals surface area contributed by atoms with Crippen molar-refractivity contribution in [2.45, 2.75) is 18.9 Å². The summed E-state index contributed by atoms with van der Waals surface area (Å²) >= 11 is 5.92. The second-order valence-corrected chi connectivity index (χ2v) is 4.55. The van der Waals surface area contributed by atoms with E-state index in [1.807, 2.05) is 18.2 Å². The smallest absolute Gasteiger partial charge is 0.309 e. The Kier molecular flexibility index (Phi) is 4.80. The molecule has 1 aliphatic rings. The lowest BCUT2D eigenvalue weighted by atomic mass is 9.81. The van der Waals surface area contributed by atoms with Crippen LogP contribution in [0, 0.1) is 5.92 Å². The summed E-state index contributed by atoms with van der Waals surface area (Å²) in [6, 6.07) is 5.51. The predicted octanol–water partition coefficient (Wildman–Crippen LogP) is 2.50. The second kappa shape index (κ2) is 5.71. The minimum Gasteiger partial charge on any atom is -0.469 e. The summed E-state index contributed by atoms with van der Waals surface area (Å²) in [5.74, 6) is -0.315. The third-order valence-electron chi connectivity index (χ3n) is 3.05. The molecule has 0 heterocycles. The number of halogens is 2. The van der Waals surface area contributed by atoms with Crippen molar-refractivity contribution in [2.24, 2.45) is 11.7 Å². The molecule has 0 fully saturated rings. The molecule has 0 saturated carbocycles. The van der Waals surface area contributed by atoms with Crippen molar-refractivity contribution in [1.29, 1.82) is 0 Å². The molecule has 94 valence electrons. The maximum absolute atomic E-state index is 11.5. The molecule has 2 N–H and O–H groups in total. The molecule has 0 aromatic heterocycles. The van der Waals surface area contributed by atoms with E-state index in [0.717, 1.165) is 11.1 Å².